The van der Waals surface area contributed by atoms with Crippen LogP contribution in [0.4, 0.5) is 5.95 Å². The number of aromatic nitrogens is 4. The first kappa shape index (κ1) is 18.8. The van der Waals surface area contributed by atoms with E-state index in [-0.39, 0.29) is 17.5 Å². The summed E-state index contributed by atoms with van der Waals surface area (Å²) in [6, 6.07) is 1.73. The first-order chi connectivity index (χ1) is 12.4. The van der Waals surface area contributed by atoms with E-state index in [0.29, 0.717) is 11.6 Å². The average molecular weight is 379 g/mol. The molecule has 9 heteroatoms. The van der Waals surface area contributed by atoms with Crippen molar-refractivity contribution in [3.05, 3.63) is 30.0 Å². The van der Waals surface area contributed by atoms with Gasteiger partial charge in [0.1, 0.15) is 5.82 Å². The third-order valence-corrected chi connectivity index (χ3v) is 5.74. The maximum absolute atomic E-state index is 12.5. The summed E-state index contributed by atoms with van der Waals surface area (Å²) in [5, 5.41) is 0.0361. The Bertz CT molecular complexity index is 856. The SMILES string of the molecule is CC(C)c1nc(S(=O)(=O)NCc2ccnc(N3CCCCC3)n2)cn1C. The second-order valence-electron chi connectivity index (χ2n) is 6.92. The Kier molecular flexibility index (Phi) is 5.57. The number of hydrogen-bond donors (Lipinski definition) is 1. The van der Waals surface area contributed by atoms with Crippen LogP contribution in [0.25, 0.3) is 0 Å². The number of sulfonamides is 1. The summed E-state index contributed by atoms with van der Waals surface area (Å²) in [4.78, 5) is 15.2. The number of anilines is 1. The molecule has 2 aromatic rings. The molecule has 0 radical (unpaired) electrons. The minimum absolute atomic E-state index is 0.0361. The smallest absolute Gasteiger partial charge is 0.259 e. The molecule has 0 spiro atoms. The van der Waals surface area contributed by atoms with Crippen LogP contribution in [0, 0.1) is 0 Å². The highest BCUT2D eigenvalue weighted by molar-refractivity contribution is 7.89. The van der Waals surface area contributed by atoms with E-state index in [4.69, 9.17) is 0 Å². The van der Waals surface area contributed by atoms with Crippen molar-refractivity contribution in [2.24, 2.45) is 7.05 Å². The molecule has 0 aromatic carbocycles. The molecule has 0 saturated carbocycles. The molecule has 142 valence electrons. The Morgan fingerprint density at radius 2 is 1.92 bits per heavy atom. The van der Waals surface area contributed by atoms with Crippen LogP contribution in [-0.2, 0) is 23.6 Å². The van der Waals surface area contributed by atoms with E-state index in [1.807, 2.05) is 13.8 Å². The van der Waals surface area contributed by atoms with E-state index in [1.165, 1.54) is 12.6 Å². The van der Waals surface area contributed by atoms with Gasteiger partial charge >= 0.3 is 0 Å². The van der Waals surface area contributed by atoms with Crippen molar-refractivity contribution in [1.29, 1.82) is 0 Å². The number of aryl methyl sites for hydroxylation is 1. The molecule has 1 fully saturated rings. The highest BCUT2D eigenvalue weighted by atomic mass is 32.2. The van der Waals surface area contributed by atoms with Crippen LogP contribution in [0.5, 0.6) is 0 Å². The molecule has 2 aromatic heterocycles. The van der Waals surface area contributed by atoms with Crippen LogP contribution in [0.2, 0.25) is 0 Å². The normalized spacial score (nSPS) is 15.6. The van der Waals surface area contributed by atoms with Gasteiger partial charge in [-0.1, -0.05) is 13.8 Å². The summed E-state index contributed by atoms with van der Waals surface area (Å²) in [5.74, 6) is 1.55. The fourth-order valence-electron chi connectivity index (χ4n) is 3.09. The molecule has 1 saturated heterocycles. The van der Waals surface area contributed by atoms with Gasteiger partial charge in [-0.3, -0.25) is 0 Å². The molecule has 3 heterocycles. The molecule has 0 atom stereocenters. The number of imidazole rings is 1. The lowest BCUT2D eigenvalue weighted by atomic mass is 10.1. The van der Waals surface area contributed by atoms with Gasteiger partial charge in [0.05, 0.1) is 12.2 Å². The summed E-state index contributed by atoms with van der Waals surface area (Å²) in [7, 11) is -1.89. The average Bonchev–Trinajstić information content (AvgIpc) is 3.04. The summed E-state index contributed by atoms with van der Waals surface area (Å²) >= 11 is 0. The number of rotatable bonds is 6. The van der Waals surface area contributed by atoms with Crippen molar-refractivity contribution in [2.75, 3.05) is 18.0 Å². The third-order valence-electron chi connectivity index (χ3n) is 4.46. The molecule has 1 aliphatic heterocycles. The summed E-state index contributed by atoms with van der Waals surface area (Å²) in [6.07, 6.45) is 6.73. The number of nitrogens with zero attached hydrogens (tertiary/aromatic N) is 5. The maximum atomic E-state index is 12.5. The first-order valence-electron chi connectivity index (χ1n) is 8.96. The number of hydrogen-bond acceptors (Lipinski definition) is 6. The zero-order valence-electron chi connectivity index (χ0n) is 15.5. The lowest BCUT2D eigenvalue weighted by molar-refractivity contribution is 0.565. The lowest BCUT2D eigenvalue weighted by Crippen LogP contribution is -2.31. The van der Waals surface area contributed by atoms with Gasteiger partial charge in [-0.2, -0.15) is 0 Å². The topological polar surface area (TPSA) is 93.0 Å². The fourth-order valence-corrected chi connectivity index (χ4v) is 4.09. The van der Waals surface area contributed by atoms with E-state index in [0.717, 1.165) is 31.8 Å². The van der Waals surface area contributed by atoms with Crippen LogP contribution in [0.1, 0.15) is 50.5 Å². The molecule has 26 heavy (non-hydrogen) atoms. The van der Waals surface area contributed by atoms with E-state index < -0.39 is 10.0 Å². The van der Waals surface area contributed by atoms with Crippen LogP contribution in [0.3, 0.4) is 0 Å². The molecule has 0 aliphatic carbocycles. The van der Waals surface area contributed by atoms with Crippen LogP contribution in [-0.4, -0.2) is 41.0 Å². The quantitative estimate of drug-likeness (QED) is 0.824. The van der Waals surface area contributed by atoms with Gasteiger partial charge in [0, 0.05) is 38.4 Å². The number of piperidine rings is 1. The Morgan fingerprint density at radius 1 is 1.19 bits per heavy atom. The maximum Gasteiger partial charge on any atom is 0.259 e. The van der Waals surface area contributed by atoms with Gasteiger partial charge in [0.2, 0.25) is 5.95 Å². The van der Waals surface area contributed by atoms with Crippen LogP contribution in [0.15, 0.2) is 23.5 Å². The zero-order valence-corrected chi connectivity index (χ0v) is 16.3. The molecule has 8 nitrogen and oxygen atoms in total. The molecule has 0 amide bonds. The minimum Gasteiger partial charge on any atom is -0.341 e. The van der Waals surface area contributed by atoms with Crippen LogP contribution < -0.4 is 9.62 Å². The summed E-state index contributed by atoms with van der Waals surface area (Å²) in [5.41, 5.74) is 0.643. The van der Waals surface area contributed by atoms with Crippen molar-refractivity contribution in [3.8, 4) is 0 Å². The van der Waals surface area contributed by atoms with Gasteiger partial charge in [-0.25, -0.2) is 28.1 Å². The largest absolute Gasteiger partial charge is 0.341 e. The molecule has 3 rings (SSSR count). The predicted molar refractivity (Wildman–Crippen MR) is 99.4 cm³/mol. The Hall–Kier alpha value is -2.00. The Morgan fingerprint density at radius 3 is 2.58 bits per heavy atom. The van der Waals surface area contributed by atoms with Crippen LogP contribution >= 0.6 is 0 Å². The minimum atomic E-state index is -3.69. The first-order valence-corrected chi connectivity index (χ1v) is 10.4. The molecule has 0 unspecified atom stereocenters. The molecule has 1 aliphatic rings. The van der Waals surface area contributed by atoms with Crippen molar-refractivity contribution >= 4 is 16.0 Å². The Balaban J connectivity index is 1.70. The number of nitrogens with one attached hydrogen (secondary N) is 1. The highest BCUT2D eigenvalue weighted by Gasteiger charge is 2.21. The van der Waals surface area contributed by atoms with E-state index in [2.05, 4.69) is 24.6 Å². The molecule has 1 N–H and O–H groups in total. The molecule has 0 bridgehead atoms. The van der Waals surface area contributed by atoms with E-state index >= 15 is 0 Å². The van der Waals surface area contributed by atoms with Crippen molar-refractivity contribution in [2.45, 2.75) is 50.6 Å². The zero-order chi connectivity index (χ0) is 18.7. The van der Waals surface area contributed by atoms with Crippen molar-refractivity contribution in [3.63, 3.8) is 0 Å². The molecular formula is C17H26N6O2S. The Labute approximate surface area is 154 Å². The molecular weight excluding hydrogens is 352 g/mol. The van der Waals surface area contributed by atoms with Gasteiger partial charge in [-0.05, 0) is 25.3 Å². The van der Waals surface area contributed by atoms with E-state index in [9.17, 15) is 8.42 Å². The fraction of sp³-hybridized carbons (Fsp3) is 0.588. The van der Waals surface area contributed by atoms with Crippen molar-refractivity contribution < 1.29 is 8.42 Å². The van der Waals surface area contributed by atoms with Gasteiger partial charge in [0.25, 0.3) is 10.0 Å². The van der Waals surface area contributed by atoms with Gasteiger partial charge in [-0.15, -0.1) is 0 Å². The second kappa shape index (κ2) is 7.71. The lowest BCUT2D eigenvalue weighted by Gasteiger charge is -2.26. The van der Waals surface area contributed by atoms with Gasteiger partial charge < -0.3 is 9.47 Å². The standard InChI is InChI=1S/C17H26N6O2S/c1-13(2)16-21-15(12-22(16)3)26(24,25)19-11-14-7-8-18-17(20-14)23-9-5-4-6-10-23/h7-8,12-13,19H,4-6,9-11H2,1-3H3. The van der Waals surface area contributed by atoms with E-state index in [1.54, 1.807) is 23.9 Å². The van der Waals surface area contributed by atoms with Gasteiger partial charge in [0.15, 0.2) is 5.03 Å². The third kappa shape index (κ3) is 4.21. The predicted octanol–water partition coefficient (Wildman–Crippen LogP) is 1.80. The monoisotopic (exact) mass is 378 g/mol. The highest BCUT2D eigenvalue weighted by Crippen LogP contribution is 2.17. The van der Waals surface area contributed by atoms with Crippen molar-refractivity contribution in [1.82, 2.24) is 24.2 Å². The second-order valence-corrected chi connectivity index (χ2v) is 8.64. The summed E-state index contributed by atoms with van der Waals surface area (Å²) in [6.45, 7) is 5.96. The summed E-state index contributed by atoms with van der Waals surface area (Å²) < 4.78 is 29.4.